The standard InChI is InChI=1S/C17H20N4O4/c1-11(20-23)12-6-5-7-13(8-12)25-17-14(9-15(22)24-4)16(21(2)3)18-10-19-17/h5-8,10,23H,9H2,1-4H3/b20-11+. The summed E-state index contributed by atoms with van der Waals surface area (Å²) in [5, 5.41) is 12.1. The van der Waals surface area contributed by atoms with Gasteiger partial charge in [0.25, 0.3) is 0 Å². The predicted molar refractivity (Wildman–Crippen MR) is 92.6 cm³/mol. The van der Waals surface area contributed by atoms with Crippen LogP contribution in [0.15, 0.2) is 35.7 Å². The number of aromatic nitrogens is 2. The number of methoxy groups -OCH3 is 1. The molecule has 0 fully saturated rings. The summed E-state index contributed by atoms with van der Waals surface area (Å²) in [6.07, 6.45) is 1.35. The van der Waals surface area contributed by atoms with Crippen molar-refractivity contribution < 1.29 is 19.5 Å². The SMILES string of the molecule is COC(=O)Cc1c(Oc2cccc(/C(C)=N/O)c2)ncnc1N(C)C. The van der Waals surface area contributed by atoms with Crippen molar-refractivity contribution >= 4 is 17.5 Å². The molecule has 0 aliphatic heterocycles. The van der Waals surface area contributed by atoms with Crippen LogP contribution in [0.3, 0.4) is 0 Å². The highest BCUT2D eigenvalue weighted by Crippen LogP contribution is 2.29. The van der Waals surface area contributed by atoms with E-state index in [1.165, 1.54) is 13.4 Å². The van der Waals surface area contributed by atoms with Gasteiger partial charge in [-0.3, -0.25) is 4.79 Å². The Labute approximate surface area is 145 Å². The van der Waals surface area contributed by atoms with Crippen molar-refractivity contribution in [3.8, 4) is 11.6 Å². The normalized spacial score (nSPS) is 11.1. The lowest BCUT2D eigenvalue weighted by atomic mass is 10.1. The second-order valence-electron chi connectivity index (χ2n) is 5.44. The third kappa shape index (κ3) is 4.43. The van der Waals surface area contributed by atoms with Gasteiger partial charge in [0.05, 0.1) is 24.8 Å². The molecule has 0 radical (unpaired) electrons. The fraction of sp³-hybridized carbons (Fsp3) is 0.294. The molecule has 0 spiro atoms. The summed E-state index contributed by atoms with van der Waals surface area (Å²) >= 11 is 0. The van der Waals surface area contributed by atoms with Crippen LogP contribution in [-0.2, 0) is 16.0 Å². The van der Waals surface area contributed by atoms with Crippen LogP contribution in [0.1, 0.15) is 18.1 Å². The maximum atomic E-state index is 11.7. The first-order chi connectivity index (χ1) is 12.0. The molecule has 0 amide bonds. The molecule has 1 N–H and O–H groups in total. The highest BCUT2D eigenvalue weighted by molar-refractivity contribution is 5.98. The van der Waals surface area contributed by atoms with Gasteiger partial charge < -0.3 is 19.6 Å². The molecule has 2 rings (SSSR count). The Hall–Kier alpha value is -3.16. The molecule has 2 aromatic rings. The zero-order valence-corrected chi connectivity index (χ0v) is 14.6. The van der Waals surface area contributed by atoms with Gasteiger partial charge in [0.15, 0.2) is 0 Å². The first-order valence-electron chi connectivity index (χ1n) is 7.51. The predicted octanol–water partition coefficient (Wildman–Crippen LogP) is 2.25. The van der Waals surface area contributed by atoms with Crippen molar-refractivity contribution in [3.63, 3.8) is 0 Å². The van der Waals surface area contributed by atoms with E-state index in [1.54, 1.807) is 36.1 Å². The summed E-state index contributed by atoms with van der Waals surface area (Å²) < 4.78 is 10.6. The van der Waals surface area contributed by atoms with Crippen molar-refractivity contribution in [1.29, 1.82) is 0 Å². The van der Waals surface area contributed by atoms with Gasteiger partial charge in [0.2, 0.25) is 5.88 Å². The number of benzene rings is 1. The smallest absolute Gasteiger partial charge is 0.310 e. The minimum absolute atomic E-state index is 0.0169. The average molecular weight is 344 g/mol. The van der Waals surface area contributed by atoms with Crippen molar-refractivity contribution in [2.45, 2.75) is 13.3 Å². The lowest BCUT2D eigenvalue weighted by molar-refractivity contribution is -0.139. The number of hydrogen-bond donors (Lipinski definition) is 1. The summed E-state index contributed by atoms with van der Waals surface area (Å²) in [5.74, 6) is 0.911. The molecule has 1 heterocycles. The fourth-order valence-corrected chi connectivity index (χ4v) is 2.19. The van der Waals surface area contributed by atoms with Crippen LogP contribution in [0.4, 0.5) is 5.82 Å². The summed E-state index contributed by atoms with van der Waals surface area (Å²) in [7, 11) is 4.95. The van der Waals surface area contributed by atoms with Gasteiger partial charge in [-0.1, -0.05) is 17.3 Å². The zero-order valence-electron chi connectivity index (χ0n) is 14.6. The number of ether oxygens (including phenoxy) is 2. The Kier molecular flexibility index (Phi) is 5.89. The van der Waals surface area contributed by atoms with E-state index in [0.29, 0.717) is 28.4 Å². The number of oxime groups is 1. The number of hydrogen-bond acceptors (Lipinski definition) is 8. The molecule has 0 aliphatic rings. The van der Waals surface area contributed by atoms with Gasteiger partial charge in [0.1, 0.15) is 17.9 Å². The van der Waals surface area contributed by atoms with Crippen molar-refractivity contribution in [2.75, 3.05) is 26.1 Å². The van der Waals surface area contributed by atoms with E-state index >= 15 is 0 Å². The second-order valence-corrected chi connectivity index (χ2v) is 5.44. The van der Waals surface area contributed by atoms with E-state index in [0.717, 1.165) is 0 Å². The molecular weight excluding hydrogens is 324 g/mol. The van der Waals surface area contributed by atoms with Gasteiger partial charge >= 0.3 is 5.97 Å². The number of anilines is 1. The summed E-state index contributed by atoms with van der Waals surface area (Å²) in [4.78, 5) is 21.9. The first kappa shape index (κ1) is 18.2. The van der Waals surface area contributed by atoms with Crippen molar-refractivity contribution in [2.24, 2.45) is 5.16 Å². The van der Waals surface area contributed by atoms with Crippen molar-refractivity contribution in [1.82, 2.24) is 9.97 Å². The summed E-state index contributed by atoms with van der Waals surface area (Å²) in [5.41, 5.74) is 1.69. The molecule has 1 aromatic heterocycles. The highest BCUT2D eigenvalue weighted by atomic mass is 16.5. The lowest BCUT2D eigenvalue weighted by Crippen LogP contribution is -2.17. The van der Waals surface area contributed by atoms with E-state index in [9.17, 15) is 4.79 Å². The van der Waals surface area contributed by atoms with E-state index in [1.807, 2.05) is 14.1 Å². The lowest BCUT2D eigenvalue weighted by Gasteiger charge is -2.18. The van der Waals surface area contributed by atoms with Crippen LogP contribution in [0.5, 0.6) is 11.6 Å². The van der Waals surface area contributed by atoms with E-state index < -0.39 is 5.97 Å². The van der Waals surface area contributed by atoms with Gasteiger partial charge in [-0.25, -0.2) is 9.97 Å². The molecule has 0 unspecified atom stereocenters. The third-order valence-corrected chi connectivity index (χ3v) is 3.47. The Morgan fingerprint density at radius 3 is 2.72 bits per heavy atom. The summed E-state index contributed by atoms with van der Waals surface area (Å²) in [6.45, 7) is 1.68. The molecular formula is C17H20N4O4. The van der Waals surface area contributed by atoms with Gasteiger partial charge in [-0.15, -0.1) is 0 Å². The average Bonchev–Trinajstić information content (AvgIpc) is 2.62. The number of esters is 1. The Morgan fingerprint density at radius 1 is 1.32 bits per heavy atom. The van der Waals surface area contributed by atoms with Gasteiger partial charge in [-0.2, -0.15) is 0 Å². The highest BCUT2D eigenvalue weighted by Gasteiger charge is 2.19. The third-order valence-electron chi connectivity index (χ3n) is 3.47. The molecule has 0 aliphatic carbocycles. The monoisotopic (exact) mass is 344 g/mol. The molecule has 8 heteroatoms. The maximum Gasteiger partial charge on any atom is 0.310 e. The van der Waals surface area contributed by atoms with Crippen molar-refractivity contribution in [3.05, 3.63) is 41.7 Å². The molecule has 8 nitrogen and oxygen atoms in total. The van der Waals surface area contributed by atoms with Crippen LogP contribution >= 0.6 is 0 Å². The van der Waals surface area contributed by atoms with Crippen LogP contribution in [0, 0.1) is 0 Å². The van der Waals surface area contributed by atoms with Crippen LogP contribution in [0.25, 0.3) is 0 Å². The zero-order chi connectivity index (χ0) is 18.4. The number of carbonyl (C=O) groups is 1. The second kappa shape index (κ2) is 8.09. The summed E-state index contributed by atoms with van der Waals surface area (Å²) in [6, 6.07) is 7.03. The molecule has 0 bridgehead atoms. The molecule has 0 atom stereocenters. The Bertz CT molecular complexity index is 790. The van der Waals surface area contributed by atoms with Crippen LogP contribution < -0.4 is 9.64 Å². The van der Waals surface area contributed by atoms with E-state index in [4.69, 9.17) is 14.7 Å². The number of nitrogens with zero attached hydrogens (tertiary/aromatic N) is 4. The van der Waals surface area contributed by atoms with Crippen LogP contribution in [-0.4, -0.2) is 48.1 Å². The minimum atomic E-state index is -0.417. The van der Waals surface area contributed by atoms with Gasteiger partial charge in [-0.05, 0) is 19.1 Å². The Morgan fingerprint density at radius 2 is 2.08 bits per heavy atom. The molecule has 132 valence electrons. The Balaban J connectivity index is 2.42. The minimum Gasteiger partial charge on any atom is -0.469 e. The number of rotatable bonds is 6. The van der Waals surface area contributed by atoms with Gasteiger partial charge in [0, 0.05) is 19.7 Å². The molecule has 25 heavy (non-hydrogen) atoms. The quantitative estimate of drug-likeness (QED) is 0.371. The maximum absolute atomic E-state index is 11.7. The van der Waals surface area contributed by atoms with E-state index in [-0.39, 0.29) is 12.3 Å². The van der Waals surface area contributed by atoms with Crippen LogP contribution in [0.2, 0.25) is 0 Å². The topological polar surface area (TPSA) is 97.1 Å². The number of carbonyl (C=O) groups excluding carboxylic acids is 1. The largest absolute Gasteiger partial charge is 0.469 e. The molecule has 1 aromatic carbocycles. The molecule has 0 saturated carbocycles. The first-order valence-corrected chi connectivity index (χ1v) is 7.51. The molecule has 0 saturated heterocycles. The fourth-order valence-electron chi connectivity index (χ4n) is 2.19. The van der Waals surface area contributed by atoms with E-state index in [2.05, 4.69) is 15.1 Å².